The molecular weight excluding hydrogens is 625 g/mol. The van der Waals surface area contributed by atoms with Gasteiger partial charge in [-0.05, 0) is 75.8 Å². The number of nitrogens with zero attached hydrogens (tertiary/aromatic N) is 5. The van der Waals surface area contributed by atoms with Crippen molar-refractivity contribution in [2.45, 2.75) is 83.7 Å². The topological polar surface area (TPSA) is 111 Å². The van der Waals surface area contributed by atoms with Crippen molar-refractivity contribution in [3.05, 3.63) is 53.9 Å². The summed E-state index contributed by atoms with van der Waals surface area (Å²) in [5.74, 6) is 1.71. The average Bonchev–Trinajstić information content (AvgIpc) is 3.32. The largest absolute Gasteiger partial charge is 0.495 e. The first-order valence-electron chi connectivity index (χ1n) is 16.6. The van der Waals surface area contributed by atoms with Crippen LogP contribution in [-0.2, 0) is 19.3 Å². The number of methoxy groups -OCH3 is 1. The molecule has 1 saturated heterocycles. The molecule has 260 valence electrons. The molecule has 2 aromatic heterocycles. The van der Waals surface area contributed by atoms with Crippen molar-refractivity contribution >= 4 is 31.9 Å². The Balaban J connectivity index is 1.45. The Morgan fingerprint density at radius 3 is 2.54 bits per heavy atom. The summed E-state index contributed by atoms with van der Waals surface area (Å²) in [5.41, 5.74) is 3.17. The van der Waals surface area contributed by atoms with Gasteiger partial charge in [-0.1, -0.05) is 33.8 Å². The lowest BCUT2D eigenvalue weighted by atomic mass is 9.85. The van der Waals surface area contributed by atoms with Crippen molar-refractivity contribution < 1.29 is 23.4 Å². The number of pyridine rings is 1. The van der Waals surface area contributed by atoms with Gasteiger partial charge in [-0.3, -0.25) is 9.80 Å². The molecule has 12 heteroatoms. The van der Waals surface area contributed by atoms with Crippen molar-refractivity contribution in [2.75, 3.05) is 57.3 Å². The fraction of sp³-hybridized carbons (Fsp3) is 0.556. The number of hydrogen-bond donors (Lipinski definition) is 1. The van der Waals surface area contributed by atoms with Gasteiger partial charge in [0.05, 0.1) is 37.7 Å². The number of nitrogens with one attached hydrogen (secondary N) is 1. The molecule has 0 spiro atoms. The van der Waals surface area contributed by atoms with Gasteiger partial charge in [0.1, 0.15) is 17.2 Å². The molecule has 48 heavy (non-hydrogen) atoms. The standard InChI is InChI=1S/C36H52N6O5Si/c1-34(2,3)47-33(43)42-22-36(7,23-46-48(10,11)35(4,5)6)26-18-25(20-38-31(26)42)27-14-15-37-32(39-27)40-28-13-12-24(19-30(28)44-9)29-21-45-17-16-41(29)8/h12-15,18-20,29H,16-17,21-23H2,1-11H3,(H,37,39,40). The molecule has 2 aliphatic heterocycles. The van der Waals surface area contributed by atoms with Crippen LogP contribution >= 0.6 is 0 Å². The van der Waals surface area contributed by atoms with Crippen molar-refractivity contribution in [1.29, 1.82) is 0 Å². The number of carbonyl (C=O) groups excluding carboxylic acids is 1. The summed E-state index contributed by atoms with van der Waals surface area (Å²) in [6, 6.07) is 10.2. The second kappa shape index (κ2) is 13.4. The van der Waals surface area contributed by atoms with Crippen molar-refractivity contribution in [3.63, 3.8) is 0 Å². The van der Waals surface area contributed by atoms with E-state index in [1.165, 1.54) is 0 Å². The smallest absolute Gasteiger partial charge is 0.416 e. The van der Waals surface area contributed by atoms with Gasteiger partial charge in [-0.2, -0.15) is 0 Å². The number of hydrogen-bond acceptors (Lipinski definition) is 10. The molecule has 1 N–H and O–H groups in total. The van der Waals surface area contributed by atoms with Crippen LogP contribution in [0.2, 0.25) is 18.1 Å². The zero-order chi connectivity index (χ0) is 35.1. The Hall–Kier alpha value is -3.58. The highest BCUT2D eigenvalue weighted by Gasteiger charge is 2.47. The third-order valence-electron chi connectivity index (χ3n) is 9.66. The number of aromatic nitrogens is 3. The highest BCUT2D eigenvalue weighted by Crippen LogP contribution is 2.44. The van der Waals surface area contributed by atoms with E-state index < -0.39 is 25.4 Å². The summed E-state index contributed by atoms with van der Waals surface area (Å²) in [6.45, 7) is 22.0. The molecule has 0 aliphatic carbocycles. The van der Waals surface area contributed by atoms with E-state index in [1.54, 1.807) is 24.4 Å². The van der Waals surface area contributed by atoms with E-state index >= 15 is 0 Å². The van der Waals surface area contributed by atoms with Gasteiger partial charge in [-0.15, -0.1) is 0 Å². The van der Waals surface area contributed by atoms with Crippen LogP contribution in [0, 0.1) is 0 Å². The number of amides is 1. The van der Waals surface area contributed by atoms with Gasteiger partial charge in [0.2, 0.25) is 5.95 Å². The zero-order valence-corrected chi connectivity index (χ0v) is 31.4. The molecule has 0 bridgehead atoms. The normalized spacial score (nSPS) is 20.4. The van der Waals surface area contributed by atoms with Gasteiger partial charge >= 0.3 is 6.09 Å². The number of ether oxygens (including phenoxy) is 3. The molecular formula is C36H52N6O5Si. The number of rotatable bonds is 8. The zero-order valence-electron chi connectivity index (χ0n) is 30.4. The van der Waals surface area contributed by atoms with Gasteiger partial charge in [0, 0.05) is 48.6 Å². The first-order chi connectivity index (χ1) is 22.4. The molecule has 4 heterocycles. The lowest BCUT2D eigenvalue weighted by Crippen LogP contribution is -2.46. The number of morpholine rings is 1. The summed E-state index contributed by atoms with van der Waals surface area (Å²) in [7, 11) is 1.69. The maximum absolute atomic E-state index is 13.4. The molecule has 1 aromatic carbocycles. The van der Waals surface area contributed by atoms with Crippen LogP contribution in [0.5, 0.6) is 5.75 Å². The summed E-state index contributed by atoms with van der Waals surface area (Å²) in [4.78, 5) is 31.5. The van der Waals surface area contributed by atoms with E-state index in [4.69, 9.17) is 28.6 Å². The first kappa shape index (κ1) is 35.7. The number of likely N-dealkylation sites (N-methyl/N-ethyl adjacent to an activating group) is 1. The van der Waals surface area contributed by atoms with E-state index in [0.29, 0.717) is 43.0 Å². The predicted molar refractivity (Wildman–Crippen MR) is 192 cm³/mol. The van der Waals surface area contributed by atoms with E-state index in [-0.39, 0.29) is 11.1 Å². The van der Waals surface area contributed by atoms with Crippen molar-refractivity contribution in [3.8, 4) is 17.0 Å². The van der Waals surface area contributed by atoms with Crippen LogP contribution in [0.4, 0.5) is 22.2 Å². The number of anilines is 3. The Kier molecular flexibility index (Phi) is 9.95. The molecule has 3 aromatic rings. The number of carbonyl (C=O) groups is 1. The molecule has 0 saturated carbocycles. The second-order valence-electron chi connectivity index (χ2n) is 15.7. The third-order valence-corrected chi connectivity index (χ3v) is 14.1. The summed E-state index contributed by atoms with van der Waals surface area (Å²) in [6.07, 6.45) is 3.05. The minimum absolute atomic E-state index is 0.0454. The lowest BCUT2D eigenvalue weighted by molar-refractivity contribution is 0.00501. The average molecular weight is 677 g/mol. The van der Waals surface area contributed by atoms with Crippen LogP contribution in [0.3, 0.4) is 0 Å². The summed E-state index contributed by atoms with van der Waals surface area (Å²) >= 11 is 0. The molecule has 1 fully saturated rings. The van der Waals surface area contributed by atoms with E-state index in [0.717, 1.165) is 35.5 Å². The predicted octanol–water partition coefficient (Wildman–Crippen LogP) is 7.33. The first-order valence-corrected chi connectivity index (χ1v) is 19.5. The highest BCUT2D eigenvalue weighted by atomic mass is 28.4. The number of benzene rings is 1. The second-order valence-corrected chi connectivity index (χ2v) is 20.5. The molecule has 0 radical (unpaired) electrons. The maximum atomic E-state index is 13.4. The fourth-order valence-electron chi connectivity index (χ4n) is 5.67. The van der Waals surface area contributed by atoms with E-state index in [9.17, 15) is 4.79 Å². The quantitative estimate of drug-likeness (QED) is 0.244. The van der Waals surface area contributed by atoms with E-state index in [1.807, 2.05) is 39.0 Å². The van der Waals surface area contributed by atoms with Crippen LogP contribution < -0.4 is 15.0 Å². The monoisotopic (exact) mass is 676 g/mol. The highest BCUT2D eigenvalue weighted by molar-refractivity contribution is 6.74. The summed E-state index contributed by atoms with van der Waals surface area (Å²) < 4.78 is 24.0. The Labute approximate surface area is 286 Å². The Bertz CT molecular complexity index is 1640. The minimum atomic E-state index is -2.08. The Morgan fingerprint density at radius 1 is 1.12 bits per heavy atom. The third kappa shape index (κ3) is 7.67. The van der Waals surface area contributed by atoms with Crippen LogP contribution in [0.1, 0.15) is 65.6 Å². The Morgan fingerprint density at radius 2 is 1.88 bits per heavy atom. The summed E-state index contributed by atoms with van der Waals surface area (Å²) in [5, 5.41) is 3.39. The van der Waals surface area contributed by atoms with Crippen LogP contribution in [-0.4, -0.2) is 86.9 Å². The van der Waals surface area contributed by atoms with Gasteiger partial charge in [0.15, 0.2) is 8.32 Å². The number of fused-ring (bicyclic) bond motifs is 1. The van der Waals surface area contributed by atoms with Crippen LogP contribution in [0.25, 0.3) is 11.3 Å². The fourth-order valence-corrected chi connectivity index (χ4v) is 6.78. The van der Waals surface area contributed by atoms with Crippen molar-refractivity contribution in [1.82, 2.24) is 19.9 Å². The van der Waals surface area contributed by atoms with Gasteiger partial charge in [-0.25, -0.2) is 19.7 Å². The SMILES string of the molecule is COc1cc(C2COCCN2C)ccc1Nc1nccc(-c2cnc3c(c2)C(C)(CO[Si](C)(C)C(C)(C)C)CN3C(=O)OC(C)(C)C)n1. The van der Waals surface area contributed by atoms with E-state index in [2.05, 4.69) is 75.2 Å². The minimum Gasteiger partial charge on any atom is -0.495 e. The lowest BCUT2D eigenvalue weighted by Gasteiger charge is -2.39. The van der Waals surface area contributed by atoms with Gasteiger partial charge in [0.25, 0.3) is 0 Å². The molecule has 2 atom stereocenters. The van der Waals surface area contributed by atoms with Crippen molar-refractivity contribution in [2.24, 2.45) is 0 Å². The molecule has 5 rings (SSSR count). The molecule has 2 aliphatic rings. The van der Waals surface area contributed by atoms with Gasteiger partial charge < -0.3 is 24.0 Å². The molecule has 2 unspecified atom stereocenters. The maximum Gasteiger partial charge on any atom is 0.416 e. The molecule has 1 amide bonds. The molecule has 11 nitrogen and oxygen atoms in total. The van der Waals surface area contributed by atoms with Crippen LogP contribution in [0.15, 0.2) is 42.7 Å².